The summed E-state index contributed by atoms with van der Waals surface area (Å²) in [5, 5.41) is 0. The number of allylic oxidation sites excluding steroid dienone is 1. The standard InChI is InChI=1S/C23H34O3/c1-5-6-7-8-9-10-11-16-14-18(24)20-19(16)25-23(26-20)15-17-12-13-22(23,4)21(17,2)3/h10-11,14,17,19-20H,5-9,12-13,15H2,1-4H3/b11-10+/t17?,19-,20+,22?,23?/m0/s1. The summed E-state index contributed by atoms with van der Waals surface area (Å²) in [5.41, 5.74) is 1.20. The Bertz CT molecular complexity index is 646. The summed E-state index contributed by atoms with van der Waals surface area (Å²) < 4.78 is 13.1. The fourth-order valence-electron chi connectivity index (χ4n) is 5.93. The van der Waals surface area contributed by atoms with Crippen molar-refractivity contribution in [2.24, 2.45) is 16.7 Å². The lowest BCUT2D eigenvalue weighted by molar-refractivity contribution is -0.248. The van der Waals surface area contributed by atoms with Crippen molar-refractivity contribution in [2.45, 2.75) is 97.1 Å². The van der Waals surface area contributed by atoms with E-state index in [0.29, 0.717) is 5.92 Å². The zero-order chi connectivity index (χ0) is 18.6. The average molecular weight is 359 g/mol. The van der Waals surface area contributed by atoms with Crippen molar-refractivity contribution in [3.8, 4) is 0 Å². The van der Waals surface area contributed by atoms with Crippen molar-refractivity contribution < 1.29 is 14.3 Å². The van der Waals surface area contributed by atoms with Crippen LogP contribution in [-0.2, 0) is 14.3 Å². The van der Waals surface area contributed by atoms with Gasteiger partial charge in [-0.15, -0.1) is 0 Å². The van der Waals surface area contributed by atoms with Gasteiger partial charge in [0.15, 0.2) is 17.7 Å². The van der Waals surface area contributed by atoms with Gasteiger partial charge in [-0.05, 0) is 48.7 Å². The Balaban J connectivity index is 1.47. The van der Waals surface area contributed by atoms with Gasteiger partial charge in [-0.1, -0.05) is 59.1 Å². The second-order valence-electron chi connectivity index (χ2n) is 9.62. The third-order valence-electron chi connectivity index (χ3n) is 8.15. The van der Waals surface area contributed by atoms with E-state index < -0.39 is 11.9 Å². The van der Waals surface area contributed by atoms with Crippen LogP contribution in [0.25, 0.3) is 0 Å². The van der Waals surface area contributed by atoms with Crippen molar-refractivity contribution >= 4 is 5.78 Å². The molecular weight excluding hydrogens is 324 g/mol. The molecular formula is C23H34O3. The van der Waals surface area contributed by atoms with E-state index in [2.05, 4.69) is 39.8 Å². The summed E-state index contributed by atoms with van der Waals surface area (Å²) in [6.45, 7) is 9.26. The van der Waals surface area contributed by atoms with Gasteiger partial charge < -0.3 is 9.47 Å². The molecule has 0 N–H and O–H groups in total. The van der Waals surface area contributed by atoms with Crippen molar-refractivity contribution in [2.75, 3.05) is 0 Å². The maximum Gasteiger partial charge on any atom is 0.187 e. The highest BCUT2D eigenvalue weighted by atomic mass is 16.8. The smallest absolute Gasteiger partial charge is 0.187 e. The molecule has 1 spiro atoms. The van der Waals surface area contributed by atoms with Gasteiger partial charge in [0, 0.05) is 11.8 Å². The minimum Gasteiger partial charge on any atom is -0.338 e. The molecule has 0 aromatic rings. The summed E-state index contributed by atoms with van der Waals surface area (Å²) in [7, 11) is 0. The molecule has 3 aliphatic carbocycles. The van der Waals surface area contributed by atoms with E-state index in [9.17, 15) is 4.79 Å². The number of fused-ring (bicyclic) bond motifs is 4. The number of ether oxygens (including phenoxy) is 2. The van der Waals surface area contributed by atoms with Crippen LogP contribution in [-0.4, -0.2) is 23.8 Å². The van der Waals surface area contributed by atoms with E-state index >= 15 is 0 Å². The van der Waals surface area contributed by atoms with Crippen LogP contribution in [0.3, 0.4) is 0 Å². The molecule has 2 saturated carbocycles. The second kappa shape index (κ2) is 6.31. The first-order valence-corrected chi connectivity index (χ1v) is 10.6. The lowest BCUT2D eigenvalue weighted by Crippen LogP contribution is -2.49. The molecule has 3 heteroatoms. The van der Waals surface area contributed by atoms with Gasteiger partial charge >= 0.3 is 0 Å². The van der Waals surface area contributed by atoms with Gasteiger partial charge in [-0.3, -0.25) is 4.79 Å². The summed E-state index contributed by atoms with van der Waals surface area (Å²) in [5.74, 6) is 0.142. The Kier molecular flexibility index (Phi) is 4.47. The fourth-order valence-corrected chi connectivity index (χ4v) is 5.93. The van der Waals surface area contributed by atoms with Crippen LogP contribution >= 0.6 is 0 Å². The Morgan fingerprint density at radius 3 is 2.58 bits per heavy atom. The first-order chi connectivity index (χ1) is 12.3. The minimum absolute atomic E-state index is 0.00966. The maximum absolute atomic E-state index is 12.5. The van der Waals surface area contributed by atoms with Crippen LogP contribution in [0.5, 0.6) is 0 Å². The first kappa shape index (κ1) is 18.4. The van der Waals surface area contributed by atoms with Gasteiger partial charge in [-0.25, -0.2) is 0 Å². The van der Waals surface area contributed by atoms with Gasteiger partial charge in [0.25, 0.3) is 0 Å². The van der Waals surface area contributed by atoms with Crippen LogP contribution in [0.4, 0.5) is 0 Å². The topological polar surface area (TPSA) is 35.5 Å². The zero-order valence-corrected chi connectivity index (χ0v) is 16.8. The number of carbonyl (C=O) groups excluding carboxylic acids is 1. The van der Waals surface area contributed by atoms with Gasteiger partial charge in [0.2, 0.25) is 0 Å². The normalized spacial score (nSPS) is 43.0. The molecule has 1 saturated heterocycles. The summed E-state index contributed by atoms with van der Waals surface area (Å²) in [6, 6.07) is 0. The predicted molar refractivity (Wildman–Crippen MR) is 103 cm³/mol. The third kappa shape index (κ3) is 2.43. The number of hydrogen-bond acceptors (Lipinski definition) is 3. The number of hydrogen-bond donors (Lipinski definition) is 0. The van der Waals surface area contributed by atoms with Crippen molar-refractivity contribution in [1.82, 2.24) is 0 Å². The quantitative estimate of drug-likeness (QED) is 0.601. The monoisotopic (exact) mass is 358 g/mol. The fraction of sp³-hybridized carbons (Fsp3) is 0.783. The molecule has 0 radical (unpaired) electrons. The van der Waals surface area contributed by atoms with Crippen LogP contribution in [0.1, 0.15) is 79.1 Å². The highest BCUT2D eigenvalue weighted by Gasteiger charge is 2.74. The molecule has 0 amide bonds. The van der Waals surface area contributed by atoms with E-state index in [0.717, 1.165) is 24.8 Å². The molecule has 1 heterocycles. The molecule has 26 heavy (non-hydrogen) atoms. The number of carbonyl (C=O) groups is 1. The Labute approximate surface area is 158 Å². The van der Waals surface area contributed by atoms with Crippen molar-refractivity contribution in [3.05, 3.63) is 23.8 Å². The Morgan fingerprint density at radius 1 is 1.15 bits per heavy atom. The first-order valence-electron chi connectivity index (χ1n) is 10.6. The number of ketones is 1. The van der Waals surface area contributed by atoms with Gasteiger partial charge in [-0.2, -0.15) is 0 Å². The molecule has 3 nitrogen and oxygen atoms in total. The van der Waals surface area contributed by atoms with Crippen LogP contribution in [0.2, 0.25) is 0 Å². The molecule has 2 bridgehead atoms. The van der Waals surface area contributed by atoms with E-state index in [-0.39, 0.29) is 22.7 Å². The third-order valence-corrected chi connectivity index (χ3v) is 8.15. The van der Waals surface area contributed by atoms with Crippen molar-refractivity contribution in [1.29, 1.82) is 0 Å². The highest BCUT2D eigenvalue weighted by Crippen LogP contribution is 2.72. The van der Waals surface area contributed by atoms with E-state index in [1.54, 1.807) is 6.08 Å². The van der Waals surface area contributed by atoms with E-state index in [1.807, 2.05) is 0 Å². The molecule has 1 aliphatic heterocycles. The van der Waals surface area contributed by atoms with Crippen LogP contribution in [0, 0.1) is 16.7 Å². The molecule has 0 aromatic heterocycles. The maximum atomic E-state index is 12.5. The SMILES string of the molecule is CCCCCC/C=C/C1=CC(=O)[C@H]2OC3(CC4CCC3(C)C4(C)C)O[C@@H]12. The number of rotatable bonds is 6. The summed E-state index contributed by atoms with van der Waals surface area (Å²) in [4.78, 5) is 12.5. The zero-order valence-electron chi connectivity index (χ0n) is 16.8. The minimum atomic E-state index is -0.571. The van der Waals surface area contributed by atoms with Crippen LogP contribution in [0.15, 0.2) is 23.8 Å². The van der Waals surface area contributed by atoms with E-state index in [4.69, 9.17) is 9.47 Å². The molecule has 4 rings (SSSR count). The second-order valence-corrected chi connectivity index (χ2v) is 9.62. The summed E-state index contributed by atoms with van der Waals surface area (Å²) in [6.07, 6.45) is 14.9. The predicted octanol–water partition coefficient (Wildman–Crippen LogP) is 5.35. The summed E-state index contributed by atoms with van der Waals surface area (Å²) >= 11 is 0. The molecule has 4 aliphatic rings. The molecule has 0 aromatic carbocycles. The molecule has 5 atom stereocenters. The van der Waals surface area contributed by atoms with Gasteiger partial charge in [0.1, 0.15) is 6.10 Å². The lowest BCUT2D eigenvalue weighted by Gasteiger charge is -2.45. The molecule has 144 valence electrons. The highest BCUT2D eigenvalue weighted by molar-refractivity contribution is 5.99. The number of unbranched alkanes of at least 4 members (excludes halogenated alkanes) is 4. The Hall–Kier alpha value is -0.930. The molecule has 3 fully saturated rings. The molecule has 3 unspecified atom stereocenters. The van der Waals surface area contributed by atoms with Crippen molar-refractivity contribution in [3.63, 3.8) is 0 Å². The van der Waals surface area contributed by atoms with Gasteiger partial charge in [0.05, 0.1) is 0 Å². The van der Waals surface area contributed by atoms with Crippen LogP contribution < -0.4 is 0 Å². The largest absolute Gasteiger partial charge is 0.338 e. The average Bonchev–Trinajstić information content (AvgIpc) is 3.22. The lowest BCUT2D eigenvalue weighted by atomic mass is 9.68. The van der Waals surface area contributed by atoms with E-state index in [1.165, 1.54) is 32.1 Å². The Morgan fingerprint density at radius 2 is 1.92 bits per heavy atom.